The Morgan fingerprint density at radius 2 is 1.64 bits per heavy atom. The molecule has 0 atom stereocenters. The molecule has 5 aromatic rings. The number of H-pyrrole nitrogens is 1. The molecule has 0 bridgehead atoms. The Balaban J connectivity index is 1.28. The highest BCUT2D eigenvalue weighted by molar-refractivity contribution is 7.92. The molecule has 0 aliphatic carbocycles. The van der Waals surface area contributed by atoms with Gasteiger partial charge in [-0.1, -0.05) is 54.1 Å². The molecule has 0 spiro atoms. The predicted molar refractivity (Wildman–Crippen MR) is 151 cm³/mol. The van der Waals surface area contributed by atoms with Crippen LogP contribution in [0, 0.1) is 0 Å². The molecule has 0 radical (unpaired) electrons. The van der Waals surface area contributed by atoms with Crippen LogP contribution >= 0.6 is 11.6 Å². The van der Waals surface area contributed by atoms with Crippen LogP contribution in [0.3, 0.4) is 0 Å². The third kappa shape index (κ3) is 5.50. The summed E-state index contributed by atoms with van der Waals surface area (Å²) in [6.07, 6.45) is 3.27. The van der Waals surface area contributed by atoms with Gasteiger partial charge in [0.25, 0.3) is 10.0 Å². The average Bonchev–Trinajstić information content (AvgIpc) is 3.39. The molecular formula is C28H25ClN6O3S. The first-order valence-corrected chi connectivity index (χ1v) is 14.3. The molecule has 11 heteroatoms. The van der Waals surface area contributed by atoms with Crippen LogP contribution in [0.25, 0.3) is 33.4 Å². The number of rotatable bonds is 7. The van der Waals surface area contributed by atoms with Gasteiger partial charge in [-0.2, -0.15) is 5.10 Å². The van der Waals surface area contributed by atoms with Gasteiger partial charge in [0.2, 0.25) is 0 Å². The fraction of sp³-hybridized carbons (Fsp3) is 0.179. The maximum Gasteiger partial charge on any atom is 0.261 e. The number of pyridine rings is 2. The van der Waals surface area contributed by atoms with Crippen molar-refractivity contribution < 1.29 is 13.2 Å². The minimum absolute atomic E-state index is 0.0495. The molecule has 1 saturated heterocycles. The lowest BCUT2D eigenvalue weighted by Crippen LogP contribution is -2.35. The van der Waals surface area contributed by atoms with Crippen molar-refractivity contribution in [1.82, 2.24) is 25.1 Å². The van der Waals surface area contributed by atoms with Crippen LogP contribution in [0.1, 0.15) is 5.56 Å². The van der Waals surface area contributed by atoms with Gasteiger partial charge < -0.3 is 4.74 Å². The molecule has 6 rings (SSSR count). The second-order valence-electron chi connectivity index (χ2n) is 9.26. The number of aromatic amines is 1. The summed E-state index contributed by atoms with van der Waals surface area (Å²) in [6, 6.07) is 20.1. The highest BCUT2D eigenvalue weighted by Gasteiger charge is 2.18. The highest BCUT2D eigenvalue weighted by Crippen LogP contribution is 2.32. The summed E-state index contributed by atoms with van der Waals surface area (Å²) in [5.74, 6) is 0. The van der Waals surface area contributed by atoms with Crippen LogP contribution in [0.4, 0.5) is 5.69 Å². The lowest BCUT2D eigenvalue weighted by Gasteiger charge is -2.26. The number of anilines is 1. The van der Waals surface area contributed by atoms with Gasteiger partial charge >= 0.3 is 0 Å². The second-order valence-corrected chi connectivity index (χ2v) is 11.3. The van der Waals surface area contributed by atoms with Gasteiger partial charge in [0.05, 0.1) is 29.5 Å². The van der Waals surface area contributed by atoms with Crippen molar-refractivity contribution in [1.29, 1.82) is 0 Å². The first-order valence-electron chi connectivity index (χ1n) is 12.4. The molecule has 1 aliphatic heterocycles. The van der Waals surface area contributed by atoms with Crippen molar-refractivity contribution in [3.05, 3.63) is 89.8 Å². The summed E-state index contributed by atoms with van der Waals surface area (Å²) in [7, 11) is -3.83. The van der Waals surface area contributed by atoms with E-state index in [1.807, 2.05) is 6.07 Å². The maximum atomic E-state index is 12.8. The van der Waals surface area contributed by atoms with Crippen molar-refractivity contribution in [3.8, 4) is 22.4 Å². The van der Waals surface area contributed by atoms with Crippen LogP contribution in [0.15, 0.2) is 84.0 Å². The SMILES string of the molecule is O=S(=O)(Nc1cc(-c2cnc3n[nH]c(-c4ccc(CN5CCOCC5)cc4)c3c2)cnc1Cl)c1ccccc1. The summed E-state index contributed by atoms with van der Waals surface area (Å²) in [5, 5.41) is 8.38. The van der Waals surface area contributed by atoms with E-state index < -0.39 is 10.0 Å². The number of hydrogen-bond acceptors (Lipinski definition) is 7. The smallest absolute Gasteiger partial charge is 0.261 e. The number of hydrogen-bond donors (Lipinski definition) is 2. The Bertz CT molecular complexity index is 1720. The van der Waals surface area contributed by atoms with Crippen LogP contribution in [-0.2, 0) is 21.3 Å². The summed E-state index contributed by atoms with van der Waals surface area (Å²) in [6.45, 7) is 4.32. The molecule has 4 heterocycles. The fourth-order valence-corrected chi connectivity index (χ4v) is 5.84. The zero-order valence-corrected chi connectivity index (χ0v) is 22.4. The Morgan fingerprint density at radius 3 is 2.41 bits per heavy atom. The quantitative estimate of drug-likeness (QED) is 0.270. The molecular weight excluding hydrogens is 536 g/mol. The Labute approximate surface area is 230 Å². The van der Waals surface area contributed by atoms with Crippen molar-refractivity contribution in [3.63, 3.8) is 0 Å². The standard InChI is InChI=1S/C28H25ClN6O3S/c29-27-25(34-39(36,37)23-4-2-1-3-5-23)15-22(16-30-27)21-14-24-26(32-33-28(24)31-17-21)20-8-6-19(7-9-20)18-35-10-12-38-13-11-35/h1-9,14-17,34H,10-13,18H2,(H,31,32,33). The van der Waals surface area contributed by atoms with E-state index in [0.29, 0.717) is 11.2 Å². The van der Waals surface area contributed by atoms with Gasteiger partial charge in [0.15, 0.2) is 10.8 Å². The van der Waals surface area contributed by atoms with Gasteiger partial charge in [-0.25, -0.2) is 18.4 Å². The van der Waals surface area contributed by atoms with E-state index in [9.17, 15) is 8.42 Å². The zero-order valence-electron chi connectivity index (χ0n) is 20.8. The predicted octanol–water partition coefficient (Wildman–Crippen LogP) is 4.97. The first kappa shape index (κ1) is 25.4. The van der Waals surface area contributed by atoms with Gasteiger partial charge in [0, 0.05) is 54.1 Å². The van der Waals surface area contributed by atoms with E-state index in [4.69, 9.17) is 16.3 Å². The average molecular weight is 561 g/mol. The second kappa shape index (κ2) is 10.7. The van der Waals surface area contributed by atoms with Gasteiger partial charge in [-0.15, -0.1) is 0 Å². The summed E-state index contributed by atoms with van der Waals surface area (Å²) < 4.78 is 33.7. The molecule has 2 aromatic carbocycles. The molecule has 198 valence electrons. The Kier molecular flexibility index (Phi) is 7.01. The number of morpholine rings is 1. The Morgan fingerprint density at radius 1 is 0.923 bits per heavy atom. The third-order valence-corrected chi connectivity index (χ3v) is 8.31. The van der Waals surface area contributed by atoms with E-state index in [0.717, 1.165) is 55.1 Å². The van der Waals surface area contributed by atoms with E-state index >= 15 is 0 Å². The topological polar surface area (TPSA) is 113 Å². The molecule has 39 heavy (non-hydrogen) atoms. The molecule has 1 aliphatic rings. The third-order valence-electron chi connectivity index (χ3n) is 6.63. The van der Waals surface area contributed by atoms with Crippen molar-refractivity contribution in [2.45, 2.75) is 11.4 Å². The number of benzene rings is 2. The Hall–Kier alpha value is -3.83. The van der Waals surface area contributed by atoms with Crippen LogP contribution in [0.5, 0.6) is 0 Å². The molecule has 2 N–H and O–H groups in total. The van der Waals surface area contributed by atoms with E-state index in [2.05, 4.69) is 54.1 Å². The van der Waals surface area contributed by atoms with E-state index in [-0.39, 0.29) is 15.7 Å². The molecule has 3 aromatic heterocycles. The zero-order chi connectivity index (χ0) is 26.8. The fourth-order valence-electron chi connectivity index (χ4n) is 4.55. The normalized spacial score (nSPS) is 14.5. The van der Waals surface area contributed by atoms with Crippen molar-refractivity contribution in [2.75, 3.05) is 31.0 Å². The van der Waals surface area contributed by atoms with Crippen LogP contribution < -0.4 is 4.72 Å². The highest BCUT2D eigenvalue weighted by atomic mass is 35.5. The number of fused-ring (bicyclic) bond motifs is 1. The van der Waals surface area contributed by atoms with E-state index in [1.165, 1.54) is 17.7 Å². The first-order chi connectivity index (χ1) is 19.0. The minimum Gasteiger partial charge on any atom is -0.379 e. The largest absolute Gasteiger partial charge is 0.379 e. The van der Waals surface area contributed by atoms with Crippen LogP contribution in [0.2, 0.25) is 5.15 Å². The summed E-state index contributed by atoms with van der Waals surface area (Å²) in [5.41, 5.74) is 5.25. The molecule has 9 nitrogen and oxygen atoms in total. The number of nitrogens with one attached hydrogen (secondary N) is 2. The minimum atomic E-state index is -3.83. The molecule has 0 saturated carbocycles. The van der Waals surface area contributed by atoms with Crippen molar-refractivity contribution in [2.24, 2.45) is 0 Å². The van der Waals surface area contributed by atoms with Crippen LogP contribution in [-0.4, -0.2) is 59.8 Å². The molecule has 0 unspecified atom stereocenters. The number of aromatic nitrogens is 4. The molecule has 1 fully saturated rings. The van der Waals surface area contributed by atoms with Gasteiger partial charge in [-0.3, -0.25) is 14.7 Å². The maximum absolute atomic E-state index is 12.8. The molecule has 0 amide bonds. The van der Waals surface area contributed by atoms with E-state index in [1.54, 1.807) is 36.7 Å². The number of nitrogens with zero attached hydrogens (tertiary/aromatic N) is 4. The number of halogens is 1. The van der Waals surface area contributed by atoms with Gasteiger partial charge in [-0.05, 0) is 29.8 Å². The number of ether oxygens (including phenoxy) is 1. The van der Waals surface area contributed by atoms with Crippen molar-refractivity contribution >= 4 is 38.3 Å². The monoisotopic (exact) mass is 560 g/mol. The lowest BCUT2D eigenvalue weighted by molar-refractivity contribution is 0.0342. The summed E-state index contributed by atoms with van der Waals surface area (Å²) in [4.78, 5) is 11.2. The van der Waals surface area contributed by atoms with Gasteiger partial charge in [0.1, 0.15) is 0 Å². The lowest BCUT2D eigenvalue weighted by atomic mass is 10.0. The number of sulfonamides is 1. The summed E-state index contributed by atoms with van der Waals surface area (Å²) >= 11 is 6.26.